The summed E-state index contributed by atoms with van der Waals surface area (Å²) in [6.07, 6.45) is 3.33. The molecule has 0 fully saturated rings. The molecule has 2 rings (SSSR count). The van der Waals surface area contributed by atoms with E-state index < -0.39 is 5.91 Å². The highest BCUT2D eigenvalue weighted by molar-refractivity contribution is 5.95. The van der Waals surface area contributed by atoms with E-state index in [0.717, 1.165) is 36.1 Å². The molecule has 1 aromatic carbocycles. The van der Waals surface area contributed by atoms with Crippen molar-refractivity contribution in [2.75, 3.05) is 5.73 Å². The zero-order valence-corrected chi connectivity index (χ0v) is 12.7. The Bertz CT molecular complexity index is 663. The van der Waals surface area contributed by atoms with Crippen molar-refractivity contribution >= 4 is 11.7 Å². The van der Waals surface area contributed by atoms with E-state index in [9.17, 15) is 9.90 Å². The van der Waals surface area contributed by atoms with E-state index in [4.69, 9.17) is 11.5 Å². The Kier molecular flexibility index (Phi) is 4.99. The Morgan fingerprint density at radius 2 is 1.95 bits per heavy atom. The lowest BCUT2D eigenvalue weighted by atomic mass is 10.0. The Labute approximate surface area is 130 Å². The van der Waals surface area contributed by atoms with Gasteiger partial charge < -0.3 is 16.6 Å². The van der Waals surface area contributed by atoms with Crippen molar-refractivity contribution in [2.45, 2.75) is 32.6 Å². The molecule has 0 saturated heterocycles. The number of benzene rings is 1. The van der Waals surface area contributed by atoms with Gasteiger partial charge in [-0.15, -0.1) is 0 Å². The summed E-state index contributed by atoms with van der Waals surface area (Å²) in [5, 5.41) is 10.0. The minimum Gasteiger partial charge on any atom is -0.507 e. The average molecular weight is 299 g/mol. The zero-order valence-electron chi connectivity index (χ0n) is 12.7. The van der Waals surface area contributed by atoms with E-state index in [-0.39, 0.29) is 11.3 Å². The maximum absolute atomic E-state index is 11.2. The number of amides is 1. The first-order valence-corrected chi connectivity index (χ1v) is 7.31. The average Bonchev–Trinajstić information content (AvgIpc) is 2.43. The van der Waals surface area contributed by atoms with Crippen LogP contribution in [0.2, 0.25) is 0 Å². The number of primary amides is 1. The number of carbonyl (C=O) groups excluding carboxylic acids is 1. The number of nitrogen functional groups attached to an aromatic ring is 1. The van der Waals surface area contributed by atoms with Gasteiger partial charge in [0.25, 0.3) is 5.91 Å². The van der Waals surface area contributed by atoms with Gasteiger partial charge in [0.2, 0.25) is 0 Å². The number of unbranched alkanes of at least 4 members (excludes halogenated alkanes) is 1. The van der Waals surface area contributed by atoms with Crippen LogP contribution in [-0.2, 0) is 12.8 Å². The molecule has 0 radical (unpaired) electrons. The lowest BCUT2D eigenvalue weighted by Crippen LogP contribution is -2.11. The minimum absolute atomic E-state index is 0.00655. The molecular weight excluding hydrogens is 278 g/mol. The minimum atomic E-state index is -0.612. The van der Waals surface area contributed by atoms with Crippen LogP contribution in [0.1, 0.15) is 40.0 Å². The molecule has 0 aliphatic carbocycles. The third-order valence-electron chi connectivity index (χ3n) is 3.56. The van der Waals surface area contributed by atoms with Gasteiger partial charge in [-0.05, 0) is 61.9 Å². The van der Waals surface area contributed by atoms with Crippen LogP contribution in [0.5, 0.6) is 5.75 Å². The number of nitrogens with zero attached hydrogens (tertiary/aromatic N) is 1. The third kappa shape index (κ3) is 3.97. The molecule has 5 nitrogen and oxygen atoms in total. The second-order valence-electron chi connectivity index (χ2n) is 5.45. The molecule has 0 aliphatic rings. The first-order chi connectivity index (χ1) is 10.5. The summed E-state index contributed by atoms with van der Waals surface area (Å²) in [5.74, 6) is -0.0754. The molecule has 1 amide bonds. The summed E-state index contributed by atoms with van der Waals surface area (Å²) in [5.41, 5.74) is 14.0. The van der Waals surface area contributed by atoms with Crippen molar-refractivity contribution in [3.63, 3.8) is 0 Å². The van der Waals surface area contributed by atoms with Gasteiger partial charge in [-0.25, -0.2) is 4.98 Å². The molecule has 1 aromatic heterocycles. The van der Waals surface area contributed by atoms with Gasteiger partial charge in [0, 0.05) is 5.69 Å². The molecule has 0 spiro atoms. The number of aromatic nitrogens is 1. The summed E-state index contributed by atoms with van der Waals surface area (Å²) >= 11 is 0. The van der Waals surface area contributed by atoms with Crippen LogP contribution >= 0.6 is 0 Å². The molecule has 0 saturated carbocycles. The molecule has 0 unspecified atom stereocenters. The number of para-hydroxylation sites is 1. The van der Waals surface area contributed by atoms with E-state index in [1.807, 2.05) is 25.1 Å². The topological polar surface area (TPSA) is 102 Å². The predicted molar refractivity (Wildman–Crippen MR) is 86.7 cm³/mol. The number of phenols is 1. The maximum Gasteiger partial charge on any atom is 0.252 e. The molecule has 5 N–H and O–H groups in total. The number of hydrogen-bond donors (Lipinski definition) is 3. The maximum atomic E-state index is 11.2. The molecule has 0 atom stereocenters. The quantitative estimate of drug-likeness (QED) is 0.712. The SMILES string of the molecule is Cc1cc(N)nc(CCCCc2cccc(C(N)=O)c2O)c1. The summed E-state index contributed by atoms with van der Waals surface area (Å²) in [7, 11) is 0. The second kappa shape index (κ2) is 6.93. The molecule has 2 aromatic rings. The van der Waals surface area contributed by atoms with Crippen molar-refractivity contribution in [2.24, 2.45) is 5.73 Å². The van der Waals surface area contributed by atoms with Gasteiger partial charge in [-0.2, -0.15) is 0 Å². The molecule has 5 heteroatoms. The van der Waals surface area contributed by atoms with Crippen LogP contribution in [0.15, 0.2) is 30.3 Å². The summed E-state index contributed by atoms with van der Waals surface area (Å²) in [6, 6.07) is 8.95. The Morgan fingerprint density at radius 3 is 2.64 bits per heavy atom. The standard InChI is InChI=1S/C17H21N3O2/c1-11-9-13(20-15(18)10-11)7-3-2-5-12-6-4-8-14(16(12)21)17(19)22/h4,6,8-10,21H,2-3,5,7H2,1H3,(H2,18,20)(H2,19,22). The van der Waals surface area contributed by atoms with Crippen LogP contribution in [0.25, 0.3) is 0 Å². The van der Waals surface area contributed by atoms with Crippen molar-refractivity contribution in [3.8, 4) is 5.75 Å². The molecule has 0 aliphatic heterocycles. The van der Waals surface area contributed by atoms with Gasteiger partial charge in [0.1, 0.15) is 11.6 Å². The number of anilines is 1. The van der Waals surface area contributed by atoms with Crippen LogP contribution < -0.4 is 11.5 Å². The highest BCUT2D eigenvalue weighted by Crippen LogP contribution is 2.24. The molecule has 0 bridgehead atoms. The molecule has 22 heavy (non-hydrogen) atoms. The van der Waals surface area contributed by atoms with E-state index in [2.05, 4.69) is 4.98 Å². The van der Waals surface area contributed by atoms with Crippen molar-refractivity contribution in [3.05, 3.63) is 52.7 Å². The zero-order chi connectivity index (χ0) is 16.1. The molecule has 116 valence electrons. The van der Waals surface area contributed by atoms with Crippen molar-refractivity contribution < 1.29 is 9.90 Å². The lowest BCUT2D eigenvalue weighted by molar-refractivity contribution is 0.0997. The van der Waals surface area contributed by atoms with Gasteiger partial charge in [-0.1, -0.05) is 12.1 Å². The Morgan fingerprint density at radius 1 is 1.23 bits per heavy atom. The fraction of sp³-hybridized carbons (Fsp3) is 0.294. The Balaban J connectivity index is 1.92. The van der Waals surface area contributed by atoms with E-state index in [1.54, 1.807) is 6.07 Å². The summed E-state index contributed by atoms with van der Waals surface area (Å²) < 4.78 is 0. The first-order valence-electron chi connectivity index (χ1n) is 7.31. The van der Waals surface area contributed by atoms with E-state index in [0.29, 0.717) is 12.2 Å². The summed E-state index contributed by atoms with van der Waals surface area (Å²) in [4.78, 5) is 15.5. The van der Waals surface area contributed by atoms with Gasteiger partial charge in [0.15, 0.2) is 0 Å². The number of nitrogens with two attached hydrogens (primary N) is 2. The highest BCUT2D eigenvalue weighted by atomic mass is 16.3. The number of aromatic hydroxyl groups is 1. The fourth-order valence-electron chi connectivity index (χ4n) is 2.51. The van der Waals surface area contributed by atoms with Gasteiger partial charge in [0.05, 0.1) is 5.56 Å². The number of carbonyl (C=O) groups is 1. The lowest BCUT2D eigenvalue weighted by Gasteiger charge is -2.08. The fourth-order valence-corrected chi connectivity index (χ4v) is 2.51. The monoisotopic (exact) mass is 299 g/mol. The van der Waals surface area contributed by atoms with Gasteiger partial charge >= 0.3 is 0 Å². The highest BCUT2D eigenvalue weighted by Gasteiger charge is 2.10. The number of rotatable bonds is 6. The normalized spacial score (nSPS) is 10.6. The van der Waals surface area contributed by atoms with Crippen LogP contribution in [0.3, 0.4) is 0 Å². The Hall–Kier alpha value is -2.56. The number of hydrogen-bond acceptors (Lipinski definition) is 4. The van der Waals surface area contributed by atoms with Crippen molar-refractivity contribution in [1.29, 1.82) is 0 Å². The third-order valence-corrected chi connectivity index (χ3v) is 3.56. The molecular formula is C17H21N3O2. The van der Waals surface area contributed by atoms with E-state index >= 15 is 0 Å². The van der Waals surface area contributed by atoms with Crippen LogP contribution in [0.4, 0.5) is 5.82 Å². The predicted octanol–water partition coefficient (Wildman–Crippen LogP) is 2.34. The van der Waals surface area contributed by atoms with Gasteiger partial charge in [-0.3, -0.25) is 4.79 Å². The largest absolute Gasteiger partial charge is 0.507 e. The smallest absolute Gasteiger partial charge is 0.252 e. The van der Waals surface area contributed by atoms with Crippen molar-refractivity contribution in [1.82, 2.24) is 4.98 Å². The van der Waals surface area contributed by atoms with E-state index in [1.165, 1.54) is 6.07 Å². The van der Waals surface area contributed by atoms with Crippen LogP contribution in [-0.4, -0.2) is 16.0 Å². The number of pyridine rings is 1. The first kappa shape index (κ1) is 15.8. The molecule has 1 heterocycles. The summed E-state index contributed by atoms with van der Waals surface area (Å²) in [6.45, 7) is 1.99. The van der Waals surface area contributed by atoms with Crippen LogP contribution in [0, 0.1) is 6.92 Å². The number of aryl methyl sites for hydroxylation is 3. The second-order valence-corrected chi connectivity index (χ2v) is 5.45.